The van der Waals surface area contributed by atoms with Crippen molar-refractivity contribution in [3.8, 4) is 0 Å². The van der Waals surface area contributed by atoms with Gasteiger partial charge in [-0.3, -0.25) is 0 Å². The second-order valence-corrected chi connectivity index (χ2v) is 22.9. The van der Waals surface area contributed by atoms with Gasteiger partial charge in [-0.15, -0.1) is 0 Å². The van der Waals surface area contributed by atoms with Gasteiger partial charge in [0.15, 0.2) is 16.6 Å². The first-order valence-electron chi connectivity index (χ1n) is 13.3. The predicted octanol–water partition coefficient (Wildman–Crippen LogP) is 8.03. The highest BCUT2D eigenvalue weighted by atomic mass is 28.4. The van der Waals surface area contributed by atoms with Crippen molar-refractivity contribution in [1.82, 2.24) is 0 Å². The largest absolute Gasteiger partial charge is 0.418 e. The fraction of sp³-hybridized carbons (Fsp3) is 0.926. The van der Waals surface area contributed by atoms with Gasteiger partial charge in [0.05, 0.1) is 0 Å². The van der Waals surface area contributed by atoms with Crippen LogP contribution in [0.3, 0.4) is 0 Å². The molecule has 4 aliphatic rings. The van der Waals surface area contributed by atoms with Crippen LogP contribution in [-0.2, 0) is 8.85 Å². The van der Waals surface area contributed by atoms with Crippen LogP contribution in [-0.4, -0.2) is 29.3 Å². The molecule has 0 amide bonds. The molecule has 0 radical (unpaired) electrons. The molecular formula is C27H50O2Si2. The standard InChI is InChI=1S/C27H50O2Si2/c1-26-17-10-9-11-20(26)12-14-22-23-15-13-21(16-18-28-30(3,4)5)27(23,2)19-24(25(22)26)29-31(6,7)8/h11,21-25H,9-10,12-19H2,1-8H3. The Balaban J connectivity index is 1.62. The van der Waals surface area contributed by atoms with Gasteiger partial charge in [-0.1, -0.05) is 25.5 Å². The zero-order valence-corrected chi connectivity index (χ0v) is 23.9. The summed E-state index contributed by atoms with van der Waals surface area (Å²) in [6.45, 7) is 20.5. The van der Waals surface area contributed by atoms with Gasteiger partial charge in [-0.25, -0.2) is 0 Å². The van der Waals surface area contributed by atoms with Crippen molar-refractivity contribution < 1.29 is 8.85 Å². The first kappa shape index (κ1) is 24.2. The lowest BCUT2D eigenvalue weighted by Gasteiger charge is -2.61. The van der Waals surface area contributed by atoms with Gasteiger partial charge >= 0.3 is 0 Å². The Morgan fingerprint density at radius 2 is 1.74 bits per heavy atom. The summed E-state index contributed by atoms with van der Waals surface area (Å²) in [5, 5.41) is 0. The van der Waals surface area contributed by atoms with Gasteiger partial charge < -0.3 is 8.85 Å². The van der Waals surface area contributed by atoms with E-state index in [1.54, 1.807) is 5.57 Å². The molecule has 0 spiro atoms. The SMILES string of the molecule is CC12CCCC=C1CCC1C2C(O[Si](C)(C)C)CC2(C)C(CCO[Si](C)(C)C)CCC12. The summed E-state index contributed by atoms with van der Waals surface area (Å²) in [5.74, 6) is 3.33. The average molecular weight is 463 g/mol. The minimum Gasteiger partial charge on any atom is -0.418 e. The van der Waals surface area contributed by atoms with Crippen LogP contribution >= 0.6 is 0 Å². The fourth-order valence-electron chi connectivity index (χ4n) is 8.49. The zero-order chi connectivity index (χ0) is 22.7. The van der Waals surface area contributed by atoms with Crippen molar-refractivity contribution in [3.63, 3.8) is 0 Å². The first-order valence-corrected chi connectivity index (χ1v) is 20.2. The van der Waals surface area contributed by atoms with Gasteiger partial charge in [0.25, 0.3) is 0 Å². The van der Waals surface area contributed by atoms with E-state index in [2.05, 4.69) is 59.2 Å². The van der Waals surface area contributed by atoms with Crippen molar-refractivity contribution in [3.05, 3.63) is 11.6 Å². The van der Waals surface area contributed by atoms with Gasteiger partial charge in [0.2, 0.25) is 0 Å². The number of allylic oxidation sites excluding steroid dienone is 2. The number of fused-ring (bicyclic) bond motifs is 5. The minimum absolute atomic E-state index is 0.395. The van der Waals surface area contributed by atoms with E-state index < -0.39 is 16.6 Å². The van der Waals surface area contributed by atoms with E-state index >= 15 is 0 Å². The zero-order valence-electron chi connectivity index (χ0n) is 21.9. The maximum Gasteiger partial charge on any atom is 0.184 e. The minimum atomic E-state index is -1.60. The van der Waals surface area contributed by atoms with Crippen molar-refractivity contribution >= 4 is 16.6 Å². The van der Waals surface area contributed by atoms with Gasteiger partial charge in [0, 0.05) is 12.7 Å². The molecule has 7 atom stereocenters. The Labute approximate surface area is 195 Å². The lowest BCUT2D eigenvalue weighted by atomic mass is 9.46. The topological polar surface area (TPSA) is 18.5 Å². The summed E-state index contributed by atoms with van der Waals surface area (Å²) in [5.41, 5.74) is 2.64. The number of rotatable bonds is 6. The smallest absolute Gasteiger partial charge is 0.184 e. The average Bonchev–Trinajstić information content (AvgIpc) is 2.94. The third-order valence-electron chi connectivity index (χ3n) is 9.64. The van der Waals surface area contributed by atoms with E-state index in [4.69, 9.17) is 8.85 Å². The molecule has 0 saturated heterocycles. The first-order chi connectivity index (χ1) is 14.3. The van der Waals surface area contributed by atoms with Crippen LogP contribution in [0.25, 0.3) is 0 Å². The van der Waals surface area contributed by atoms with Crippen molar-refractivity contribution in [2.75, 3.05) is 6.61 Å². The Hall–Kier alpha value is 0.0938. The Bertz CT molecular complexity index is 690. The summed E-state index contributed by atoms with van der Waals surface area (Å²) in [7, 11) is -3.02. The molecule has 7 unspecified atom stereocenters. The third-order valence-corrected chi connectivity index (χ3v) is 11.7. The molecule has 0 aromatic carbocycles. The van der Waals surface area contributed by atoms with Crippen LogP contribution in [0.1, 0.15) is 71.6 Å². The molecule has 3 fully saturated rings. The molecule has 4 heteroatoms. The molecule has 4 aliphatic carbocycles. The summed E-state index contributed by atoms with van der Waals surface area (Å²) >= 11 is 0. The van der Waals surface area contributed by atoms with E-state index in [1.165, 1.54) is 57.8 Å². The monoisotopic (exact) mass is 462 g/mol. The molecule has 2 nitrogen and oxygen atoms in total. The molecule has 4 rings (SSSR count). The molecule has 3 saturated carbocycles. The maximum absolute atomic E-state index is 7.13. The van der Waals surface area contributed by atoms with Crippen molar-refractivity contribution in [2.45, 2.75) is 117 Å². The van der Waals surface area contributed by atoms with Crippen LogP contribution in [0.2, 0.25) is 39.3 Å². The van der Waals surface area contributed by atoms with Crippen LogP contribution in [0.15, 0.2) is 11.6 Å². The second-order valence-electron chi connectivity index (χ2n) is 13.9. The van der Waals surface area contributed by atoms with E-state index in [0.717, 1.165) is 30.3 Å². The Morgan fingerprint density at radius 1 is 1.00 bits per heavy atom. The van der Waals surface area contributed by atoms with Gasteiger partial charge in [-0.2, -0.15) is 0 Å². The van der Waals surface area contributed by atoms with Crippen LogP contribution in [0.4, 0.5) is 0 Å². The molecule has 0 aromatic heterocycles. The Kier molecular flexibility index (Phi) is 6.56. The summed E-state index contributed by atoms with van der Waals surface area (Å²) in [6, 6.07) is 0. The highest BCUT2D eigenvalue weighted by molar-refractivity contribution is 6.70. The third kappa shape index (κ3) is 4.70. The van der Waals surface area contributed by atoms with Gasteiger partial charge in [-0.05, 0) is 132 Å². The molecule has 0 aliphatic heterocycles. The maximum atomic E-state index is 7.13. The highest BCUT2D eigenvalue weighted by Gasteiger charge is 2.62. The van der Waals surface area contributed by atoms with Crippen LogP contribution in [0, 0.1) is 34.5 Å². The molecule has 0 N–H and O–H groups in total. The number of hydrogen-bond acceptors (Lipinski definition) is 2. The van der Waals surface area contributed by atoms with Crippen LogP contribution in [0.5, 0.6) is 0 Å². The van der Waals surface area contributed by atoms with Gasteiger partial charge in [0.1, 0.15) is 0 Å². The van der Waals surface area contributed by atoms with Crippen molar-refractivity contribution in [1.29, 1.82) is 0 Å². The molecular weight excluding hydrogens is 412 g/mol. The van der Waals surface area contributed by atoms with Crippen molar-refractivity contribution in [2.24, 2.45) is 34.5 Å². The summed E-state index contributed by atoms with van der Waals surface area (Å²) in [4.78, 5) is 0. The normalized spacial score (nSPS) is 43.1. The molecule has 31 heavy (non-hydrogen) atoms. The molecule has 178 valence electrons. The van der Waals surface area contributed by atoms with E-state index in [9.17, 15) is 0 Å². The van der Waals surface area contributed by atoms with E-state index in [1.807, 2.05) is 0 Å². The Morgan fingerprint density at radius 3 is 2.42 bits per heavy atom. The quantitative estimate of drug-likeness (QED) is 0.294. The number of hydrogen-bond donors (Lipinski definition) is 0. The predicted molar refractivity (Wildman–Crippen MR) is 137 cm³/mol. The fourth-order valence-corrected chi connectivity index (χ4v) is 10.4. The lowest BCUT2D eigenvalue weighted by Crippen LogP contribution is -2.58. The molecule has 0 heterocycles. The van der Waals surface area contributed by atoms with E-state index in [-0.39, 0.29) is 0 Å². The second kappa shape index (κ2) is 8.39. The lowest BCUT2D eigenvalue weighted by molar-refractivity contribution is -0.122. The molecule has 0 aromatic rings. The van der Waals surface area contributed by atoms with E-state index in [0.29, 0.717) is 16.9 Å². The van der Waals surface area contributed by atoms with Crippen LogP contribution < -0.4 is 0 Å². The molecule has 0 bridgehead atoms. The highest BCUT2D eigenvalue weighted by Crippen LogP contribution is 2.67. The summed E-state index contributed by atoms with van der Waals surface area (Å²) in [6.07, 6.45) is 15.4. The summed E-state index contributed by atoms with van der Waals surface area (Å²) < 4.78 is 13.5.